The van der Waals surface area contributed by atoms with Crippen LogP contribution in [0.2, 0.25) is 0 Å². The summed E-state index contributed by atoms with van der Waals surface area (Å²) >= 11 is 0. The van der Waals surface area contributed by atoms with Gasteiger partial charge in [0.15, 0.2) is 0 Å². The minimum absolute atomic E-state index is 0.0613. The van der Waals surface area contributed by atoms with E-state index in [1.165, 1.54) is 5.56 Å². The third kappa shape index (κ3) is 2.39. The number of hydrogen-bond acceptors (Lipinski definition) is 3. The average Bonchev–Trinajstić information content (AvgIpc) is 2.50. The zero-order chi connectivity index (χ0) is 13.9. The van der Waals surface area contributed by atoms with Gasteiger partial charge in [0.1, 0.15) is 0 Å². The van der Waals surface area contributed by atoms with E-state index in [1.807, 2.05) is 35.9 Å². The number of pyridine rings is 2. The predicted molar refractivity (Wildman–Crippen MR) is 78.8 cm³/mol. The molecule has 2 aromatic rings. The molecule has 4 nitrogen and oxygen atoms in total. The quantitative estimate of drug-likeness (QED) is 0.925. The van der Waals surface area contributed by atoms with E-state index >= 15 is 0 Å². The molecule has 1 N–H and O–H groups in total. The van der Waals surface area contributed by atoms with Crippen LogP contribution in [0, 0.1) is 0 Å². The molecule has 0 radical (unpaired) electrons. The molecule has 1 unspecified atom stereocenters. The van der Waals surface area contributed by atoms with Crippen molar-refractivity contribution in [3.05, 3.63) is 63.8 Å². The Bertz CT molecular complexity index is 649. The third-order valence-corrected chi connectivity index (χ3v) is 4.01. The van der Waals surface area contributed by atoms with E-state index in [0.717, 1.165) is 30.7 Å². The van der Waals surface area contributed by atoms with Crippen molar-refractivity contribution < 1.29 is 0 Å². The molecule has 2 aromatic heterocycles. The average molecular weight is 269 g/mol. The molecule has 0 fully saturated rings. The van der Waals surface area contributed by atoms with Gasteiger partial charge in [-0.1, -0.05) is 12.1 Å². The zero-order valence-corrected chi connectivity index (χ0v) is 11.7. The molecule has 1 atom stereocenters. The molecular weight excluding hydrogens is 250 g/mol. The van der Waals surface area contributed by atoms with Crippen molar-refractivity contribution in [2.24, 2.45) is 0 Å². The molecule has 0 bridgehead atoms. The van der Waals surface area contributed by atoms with Gasteiger partial charge in [0.25, 0.3) is 5.56 Å². The fraction of sp³-hybridized carbons (Fsp3) is 0.375. The Morgan fingerprint density at radius 1 is 1.35 bits per heavy atom. The first-order chi connectivity index (χ1) is 9.79. The minimum atomic E-state index is 0.0613. The second kappa shape index (κ2) is 5.59. The summed E-state index contributed by atoms with van der Waals surface area (Å²) in [6, 6.07) is 9.83. The maximum Gasteiger partial charge on any atom is 0.251 e. The Kier molecular flexibility index (Phi) is 3.65. The maximum absolute atomic E-state index is 12.2. The van der Waals surface area contributed by atoms with E-state index in [0.29, 0.717) is 12.6 Å². The van der Waals surface area contributed by atoms with Crippen LogP contribution in [0.3, 0.4) is 0 Å². The van der Waals surface area contributed by atoms with E-state index in [9.17, 15) is 4.79 Å². The number of fused-ring (bicyclic) bond motifs is 1. The summed E-state index contributed by atoms with van der Waals surface area (Å²) < 4.78 is 1.88. The van der Waals surface area contributed by atoms with Crippen molar-refractivity contribution in [3.8, 4) is 0 Å². The van der Waals surface area contributed by atoms with Crippen LogP contribution >= 0.6 is 0 Å². The van der Waals surface area contributed by atoms with E-state index in [-0.39, 0.29) is 5.56 Å². The van der Waals surface area contributed by atoms with Gasteiger partial charge in [-0.15, -0.1) is 0 Å². The van der Waals surface area contributed by atoms with Gasteiger partial charge in [-0.05, 0) is 44.0 Å². The fourth-order valence-electron chi connectivity index (χ4n) is 2.99. The van der Waals surface area contributed by atoms with Crippen LogP contribution in [-0.2, 0) is 13.0 Å². The third-order valence-electron chi connectivity index (χ3n) is 4.01. The Balaban J connectivity index is 2.04. The minimum Gasteiger partial charge on any atom is -0.313 e. The molecular formula is C16H19N3O. The van der Waals surface area contributed by atoms with Gasteiger partial charge in [-0.25, -0.2) is 0 Å². The zero-order valence-electron chi connectivity index (χ0n) is 11.7. The molecule has 4 heteroatoms. The van der Waals surface area contributed by atoms with Crippen LogP contribution in [0.25, 0.3) is 0 Å². The second-order valence-electron chi connectivity index (χ2n) is 5.21. The van der Waals surface area contributed by atoms with Gasteiger partial charge in [-0.3, -0.25) is 9.78 Å². The van der Waals surface area contributed by atoms with Gasteiger partial charge < -0.3 is 9.88 Å². The van der Waals surface area contributed by atoms with Crippen molar-refractivity contribution in [1.82, 2.24) is 14.9 Å². The van der Waals surface area contributed by atoms with E-state index in [1.54, 1.807) is 12.3 Å². The van der Waals surface area contributed by atoms with Crippen molar-refractivity contribution in [1.29, 1.82) is 0 Å². The summed E-state index contributed by atoms with van der Waals surface area (Å²) in [5.74, 6) is 0. The van der Waals surface area contributed by atoms with Gasteiger partial charge in [-0.2, -0.15) is 0 Å². The topological polar surface area (TPSA) is 46.9 Å². The SMILES string of the molecule is CNC1CCCc2c1ccc(=O)n2Cc1ccccn1. The summed E-state index contributed by atoms with van der Waals surface area (Å²) in [6.45, 7) is 0.555. The summed E-state index contributed by atoms with van der Waals surface area (Å²) in [5, 5.41) is 3.34. The van der Waals surface area contributed by atoms with Crippen molar-refractivity contribution in [3.63, 3.8) is 0 Å². The van der Waals surface area contributed by atoms with Crippen LogP contribution in [0.15, 0.2) is 41.3 Å². The highest BCUT2D eigenvalue weighted by Gasteiger charge is 2.21. The Morgan fingerprint density at radius 3 is 3.00 bits per heavy atom. The Labute approximate surface area is 118 Å². The highest BCUT2D eigenvalue weighted by molar-refractivity contribution is 5.28. The van der Waals surface area contributed by atoms with Gasteiger partial charge >= 0.3 is 0 Å². The maximum atomic E-state index is 12.2. The molecule has 0 spiro atoms. The standard InChI is InChI=1S/C16H19N3O/c1-17-14-6-4-7-15-13(14)8-9-16(20)19(15)11-12-5-2-3-10-18-12/h2-3,5,8-10,14,17H,4,6-7,11H2,1H3. The van der Waals surface area contributed by atoms with Crippen molar-refractivity contribution >= 4 is 0 Å². The van der Waals surface area contributed by atoms with Crippen molar-refractivity contribution in [2.45, 2.75) is 31.8 Å². The first-order valence-electron chi connectivity index (χ1n) is 7.09. The highest BCUT2D eigenvalue weighted by Crippen LogP contribution is 2.28. The lowest BCUT2D eigenvalue weighted by molar-refractivity contribution is 0.472. The molecule has 2 heterocycles. The molecule has 0 aromatic carbocycles. The van der Waals surface area contributed by atoms with Crippen LogP contribution in [0.4, 0.5) is 0 Å². The molecule has 20 heavy (non-hydrogen) atoms. The largest absolute Gasteiger partial charge is 0.313 e. The van der Waals surface area contributed by atoms with Crippen LogP contribution in [-0.4, -0.2) is 16.6 Å². The second-order valence-corrected chi connectivity index (χ2v) is 5.21. The molecule has 3 rings (SSSR count). The number of nitrogens with zero attached hydrogens (tertiary/aromatic N) is 2. The highest BCUT2D eigenvalue weighted by atomic mass is 16.1. The molecule has 0 saturated carbocycles. The van der Waals surface area contributed by atoms with Crippen LogP contribution in [0.5, 0.6) is 0 Å². The number of hydrogen-bond donors (Lipinski definition) is 1. The molecule has 1 aliphatic rings. The number of aromatic nitrogens is 2. The summed E-state index contributed by atoms with van der Waals surface area (Å²) in [6.07, 6.45) is 4.98. The predicted octanol–water partition coefficient (Wildman–Crippen LogP) is 1.89. The molecule has 0 aliphatic heterocycles. The van der Waals surface area contributed by atoms with Crippen LogP contribution < -0.4 is 10.9 Å². The lowest BCUT2D eigenvalue weighted by atomic mass is 9.91. The Morgan fingerprint density at radius 2 is 2.25 bits per heavy atom. The lowest BCUT2D eigenvalue weighted by Gasteiger charge is -2.27. The first kappa shape index (κ1) is 13.1. The van der Waals surface area contributed by atoms with Gasteiger partial charge in [0.2, 0.25) is 0 Å². The normalized spacial score (nSPS) is 17.8. The smallest absolute Gasteiger partial charge is 0.251 e. The van der Waals surface area contributed by atoms with Crippen LogP contribution in [0.1, 0.15) is 35.8 Å². The van der Waals surface area contributed by atoms with E-state index in [4.69, 9.17) is 0 Å². The van der Waals surface area contributed by atoms with E-state index in [2.05, 4.69) is 10.3 Å². The van der Waals surface area contributed by atoms with Gasteiger partial charge in [0, 0.05) is 24.0 Å². The summed E-state index contributed by atoms with van der Waals surface area (Å²) in [5.41, 5.74) is 3.41. The summed E-state index contributed by atoms with van der Waals surface area (Å²) in [7, 11) is 1.98. The van der Waals surface area contributed by atoms with E-state index < -0.39 is 0 Å². The first-order valence-corrected chi connectivity index (χ1v) is 7.09. The fourth-order valence-corrected chi connectivity index (χ4v) is 2.99. The van der Waals surface area contributed by atoms with Gasteiger partial charge in [0.05, 0.1) is 12.2 Å². The monoisotopic (exact) mass is 269 g/mol. The molecule has 104 valence electrons. The summed E-state index contributed by atoms with van der Waals surface area (Å²) in [4.78, 5) is 16.5. The molecule has 0 saturated heterocycles. The molecule has 0 amide bonds. The van der Waals surface area contributed by atoms with Crippen molar-refractivity contribution in [2.75, 3.05) is 7.05 Å². The number of rotatable bonds is 3. The lowest BCUT2D eigenvalue weighted by Crippen LogP contribution is -2.31. The number of nitrogens with one attached hydrogen (secondary N) is 1. The Hall–Kier alpha value is -1.94. The molecule has 1 aliphatic carbocycles.